The van der Waals surface area contributed by atoms with E-state index in [0.29, 0.717) is 5.52 Å². The summed E-state index contributed by atoms with van der Waals surface area (Å²) in [6.45, 7) is -1.35. The van der Waals surface area contributed by atoms with Crippen LogP contribution in [0.15, 0.2) is 30.5 Å². The molecule has 1 aromatic heterocycles. The second kappa shape index (κ2) is 4.50. The number of hydrogen-bond acceptors (Lipinski definition) is 3. The summed E-state index contributed by atoms with van der Waals surface area (Å²) in [7, 11) is 0. The summed E-state index contributed by atoms with van der Waals surface area (Å²) < 4.78 is 24.6. The van der Waals surface area contributed by atoms with Gasteiger partial charge in [0.05, 0.1) is 5.52 Å². The van der Waals surface area contributed by atoms with E-state index in [9.17, 15) is 13.6 Å². The molecule has 90 valence electrons. The van der Waals surface area contributed by atoms with Gasteiger partial charge in [-0.15, -0.1) is 4.89 Å². The fourth-order valence-electron chi connectivity index (χ4n) is 1.64. The number of hydrogen-bond donors (Lipinski definition) is 0. The van der Waals surface area contributed by atoms with E-state index < -0.39 is 12.7 Å². The SMILES string of the molecule is Cc1cccc2ccn(C(=O)OOC(F)F)c12. The van der Waals surface area contributed by atoms with E-state index in [2.05, 4.69) is 9.78 Å². The molecule has 0 atom stereocenters. The standard InChI is InChI=1S/C11H9F2NO3/c1-7-3-2-4-8-5-6-14(9(7)8)11(15)17-16-10(12)13/h2-6,10H,1H3. The van der Waals surface area contributed by atoms with Crippen molar-refractivity contribution in [1.29, 1.82) is 0 Å². The number of benzene rings is 1. The van der Waals surface area contributed by atoms with Crippen LogP contribution in [0.1, 0.15) is 5.56 Å². The summed E-state index contributed by atoms with van der Waals surface area (Å²) in [4.78, 5) is 19.0. The minimum atomic E-state index is -3.15. The Morgan fingerprint density at radius 2 is 2.12 bits per heavy atom. The number of rotatable bonds is 2. The molecule has 0 aliphatic heterocycles. The Morgan fingerprint density at radius 1 is 1.35 bits per heavy atom. The Balaban J connectivity index is 2.32. The van der Waals surface area contributed by atoms with Gasteiger partial charge in [-0.3, -0.25) is 9.45 Å². The number of aromatic nitrogens is 1. The first-order valence-electron chi connectivity index (χ1n) is 4.82. The predicted molar refractivity (Wildman–Crippen MR) is 55.6 cm³/mol. The maximum Gasteiger partial charge on any atom is 0.450 e. The van der Waals surface area contributed by atoms with Crippen LogP contribution in [0.4, 0.5) is 13.6 Å². The van der Waals surface area contributed by atoms with Gasteiger partial charge in [0.15, 0.2) is 0 Å². The zero-order valence-electron chi connectivity index (χ0n) is 8.89. The maximum absolute atomic E-state index is 11.7. The van der Waals surface area contributed by atoms with Gasteiger partial charge in [-0.25, -0.2) is 4.79 Å². The minimum absolute atomic E-state index is 0.607. The monoisotopic (exact) mass is 241 g/mol. The van der Waals surface area contributed by atoms with Gasteiger partial charge in [-0.2, -0.15) is 8.78 Å². The molecular formula is C11H9F2NO3. The molecule has 0 saturated carbocycles. The maximum atomic E-state index is 11.7. The molecule has 4 nitrogen and oxygen atoms in total. The van der Waals surface area contributed by atoms with Crippen molar-refractivity contribution in [2.24, 2.45) is 0 Å². The van der Waals surface area contributed by atoms with Crippen molar-refractivity contribution in [1.82, 2.24) is 4.57 Å². The van der Waals surface area contributed by atoms with E-state index in [-0.39, 0.29) is 0 Å². The van der Waals surface area contributed by atoms with Crippen molar-refractivity contribution in [3.05, 3.63) is 36.0 Å². The number of halogens is 2. The molecule has 17 heavy (non-hydrogen) atoms. The lowest BCUT2D eigenvalue weighted by molar-refractivity contribution is -0.343. The molecule has 2 aromatic rings. The van der Waals surface area contributed by atoms with Crippen molar-refractivity contribution < 1.29 is 23.4 Å². The van der Waals surface area contributed by atoms with Gasteiger partial charge in [0, 0.05) is 11.6 Å². The highest BCUT2D eigenvalue weighted by Gasteiger charge is 2.14. The Hall–Kier alpha value is -1.95. The third-order valence-corrected chi connectivity index (χ3v) is 2.30. The number of carbonyl (C=O) groups excluding carboxylic acids is 1. The fraction of sp³-hybridized carbons (Fsp3) is 0.182. The molecular weight excluding hydrogens is 232 g/mol. The van der Waals surface area contributed by atoms with Gasteiger partial charge < -0.3 is 0 Å². The van der Waals surface area contributed by atoms with Crippen LogP contribution in [0.3, 0.4) is 0 Å². The summed E-state index contributed by atoms with van der Waals surface area (Å²) in [6, 6.07) is 7.13. The average molecular weight is 241 g/mol. The van der Waals surface area contributed by atoms with Crippen LogP contribution in [0.25, 0.3) is 10.9 Å². The highest BCUT2D eigenvalue weighted by atomic mass is 19.3. The van der Waals surface area contributed by atoms with Crippen LogP contribution in [-0.4, -0.2) is 17.3 Å². The summed E-state index contributed by atoms with van der Waals surface area (Å²) in [5.41, 5.74) is 1.44. The first-order valence-corrected chi connectivity index (χ1v) is 4.82. The van der Waals surface area contributed by atoms with Crippen LogP contribution >= 0.6 is 0 Å². The van der Waals surface area contributed by atoms with Crippen LogP contribution < -0.4 is 0 Å². The van der Waals surface area contributed by atoms with E-state index in [1.165, 1.54) is 6.20 Å². The first-order chi connectivity index (χ1) is 8.09. The van der Waals surface area contributed by atoms with E-state index in [1.54, 1.807) is 25.1 Å². The van der Waals surface area contributed by atoms with E-state index >= 15 is 0 Å². The van der Waals surface area contributed by atoms with Gasteiger partial charge in [-0.05, 0) is 18.6 Å². The van der Waals surface area contributed by atoms with Crippen molar-refractivity contribution in [3.8, 4) is 0 Å². The molecule has 1 aromatic carbocycles. The second-order valence-electron chi connectivity index (χ2n) is 3.40. The summed E-state index contributed by atoms with van der Waals surface area (Å²) in [6.07, 6.45) is 0.434. The van der Waals surface area contributed by atoms with E-state index in [0.717, 1.165) is 15.5 Å². The van der Waals surface area contributed by atoms with E-state index in [1.807, 2.05) is 6.07 Å². The number of alkyl halides is 2. The van der Waals surface area contributed by atoms with Gasteiger partial charge in [0.25, 0.3) is 0 Å². The zero-order chi connectivity index (χ0) is 12.4. The van der Waals surface area contributed by atoms with Gasteiger partial charge >= 0.3 is 12.7 Å². The molecule has 0 saturated heterocycles. The van der Waals surface area contributed by atoms with Gasteiger partial charge in [0.2, 0.25) is 0 Å². The average Bonchev–Trinajstić information content (AvgIpc) is 2.71. The van der Waals surface area contributed by atoms with Gasteiger partial charge in [0.1, 0.15) is 0 Å². The van der Waals surface area contributed by atoms with Crippen LogP contribution in [0.2, 0.25) is 0 Å². The summed E-state index contributed by atoms with van der Waals surface area (Å²) >= 11 is 0. The minimum Gasteiger partial charge on any atom is -0.269 e. The molecule has 0 aliphatic rings. The Kier molecular flexibility index (Phi) is 3.06. The van der Waals surface area contributed by atoms with Crippen molar-refractivity contribution >= 4 is 17.0 Å². The predicted octanol–water partition coefficient (Wildman–Crippen LogP) is 3.09. The van der Waals surface area contributed by atoms with Crippen LogP contribution in [0, 0.1) is 6.92 Å². The third-order valence-electron chi connectivity index (χ3n) is 2.30. The third kappa shape index (κ3) is 2.26. The molecule has 0 bridgehead atoms. The van der Waals surface area contributed by atoms with Crippen LogP contribution in [-0.2, 0) is 9.78 Å². The number of aryl methyl sites for hydroxylation is 1. The lowest BCUT2D eigenvalue weighted by Gasteiger charge is -2.05. The van der Waals surface area contributed by atoms with Crippen molar-refractivity contribution in [2.75, 3.05) is 0 Å². The first kappa shape index (κ1) is 11.5. The Bertz CT molecular complexity index is 551. The molecule has 0 N–H and O–H groups in total. The van der Waals surface area contributed by atoms with E-state index in [4.69, 9.17) is 0 Å². The van der Waals surface area contributed by atoms with Crippen LogP contribution in [0.5, 0.6) is 0 Å². The molecule has 0 unspecified atom stereocenters. The zero-order valence-corrected chi connectivity index (χ0v) is 8.89. The number of para-hydroxylation sites is 1. The topological polar surface area (TPSA) is 40.5 Å². The highest BCUT2D eigenvalue weighted by Crippen LogP contribution is 2.19. The second-order valence-corrected chi connectivity index (χ2v) is 3.40. The highest BCUT2D eigenvalue weighted by molar-refractivity contribution is 5.91. The number of fused-ring (bicyclic) bond motifs is 1. The normalized spacial score (nSPS) is 11.1. The fourth-order valence-corrected chi connectivity index (χ4v) is 1.64. The number of nitrogens with zero attached hydrogens (tertiary/aromatic N) is 1. The quantitative estimate of drug-likeness (QED) is 0.599. The summed E-state index contributed by atoms with van der Waals surface area (Å²) in [5.74, 6) is 0. The Morgan fingerprint density at radius 3 is 2.82 bits per heavy atom. The Labute approximate surface area is 95.3 Å². The molecule has 0 amide bonds. The van der Waals surface area contributed by atoms with Crippen molar-refractivity contribution in [3.63, 3.8) is 0 Å². The lowest BCUT2D eigenvalue weighted by Crippen LogP contribution is -2.15. The molecule has 0 radical (unpaired) electrons. The molecule has 0 aliphatic carbocycles. The molecule has 0 fully saturated rings. The number of carbonyl (C=O) groups is 1. The molecule has 1 heterocycles. The van der Waals surface area contributed by atoms with Crippen molar-refractivity contribution in [2.45, 2.75) is 13.5 Å². The molecule has 0 spiro atoms. The molecule has 2 rings (SSSR count). The van der Waals surface area contributed by atoms with Gasteiger partial charge in [-0.1, -0.05) is 18.2 Å². The summed E-state index contributed by atoms with van der Waals surface area (Å²) in [5, 5.41) is 0.819. The largest absolute Gasteiger partial charge is 0.450 e. The molecule has 6 heteroatoms. The lowest BCUT2D eigenvalue weighted by atomic mass is 10.2. The smallest absolute Gasteiger partial charge is 0.269 e.